The molecule has 0 spiro atoms. The van der Waals surface area contributed by atoms with Crippen LogP contribution in [0.1, 0.15) is 54.1 Å². The highest BCUT2D eigenvalue weighted by Crippen LogP contribution is 2.40. The maximum atomic E-state index is 12.1. The number of carbonyl (C=O) groups is 2. The third-order valence-electron chi connectivity index (χ3n) is 5.21. The molecule has 1 aliphatic carbocycles. The van der Waals surface area contributed by atoms with Gasteiger partial charge in [-0.05, 0) is 61.4 Å². The number of Topliss-reactive ketones (excluding diaryl/α,β-unsaturated/α-hetero) is 1. The normalized spacial score (nSPS) is 13.2. The zero-order valence-electron chi connectivity index (χ0n) is 17.5. The first-order valence-corrected chi connectivity index (χ1v) is 11.9. The fourth-order valence-corrected chi connectivity index (χ4v) is 4.56. The Morgan fingerprint density at radius 1 is 1.23 bits per heavy atom. The van der Waals surface area contributed by atoms with Crippen molar-refractivity contribution in [2.24, 2.45) is 5.92 Å². The van der Waals surface area contributed by atoms with Crippen LogP contribution in [0.3, 0.4) is 0 Å². The van der Waals surface area contributed by atoms with Gasteiger partial charge in [-0.2, -0.15) is 0 Å². The Morgan fingerprint density at radius 3 is 2.65 bits per heavy atom. The van der Waals surface area contributed by atoms with Crippen molar-refractivity contribution in [3.63, 3.8) is 0 Å². The Bertz CT molecular complexity index is 955. The number of hydrogen-bond donors (Lipinski definition) is 2. The lowest BCUT2D eigenvalue weighted by molar-refractivity contribution is -0.136. The summed E-state index contributed by atoms with van der Waals surface area (Å²) in [5, 5.41) is 20.1. The van der Waals surface area contributed by atoms with E-state index in [-0.39, 0.29) is 18.0 Å². The van der Waals surface area contributed by atoms with Gasteiger partial charge in [0.15, 0.2) is 5.78 Å². The molecule has 2 N–H and O–H groups in total. The predicted octanol–water partition coefficient (Wildman–Crippen LogP) is 5.78. The number of ether oxygens (including phenoxy) is 1. The Hall–Kier alpha value is -2.18. The molecular weight excluding hydrogens is 436 g/mol. The van der Waals surface area contributed by atoms with Gasteiger partial charge in [-0.25, -0.2) is 0 Å². The standard InChI is InChI=1S/C24H27ClO5S/c1-2-20(26)17-7-8-21(18(24(17)29)12-15-4-5-15)30-10-3-11-31-22-9-6-16(13-19(22)25)14-23(27)28/h6-9,13,15,29H,2-5,10-12,14H2,1H3,(H,27,28). The number of halogens is 1. The van der Waals surface area contributed by atoms with E-state index in [2.05, 4.69) is 0 Å². The number of carboxylic acids is 1. The number of aromatic hydroxyl groups is 1. The Labute approximate surface area is 191 Å². The summed E-state index contributed by atoms with van der Waals surface area (Å²) in [4.78, 5) is 23.8. The zero-order chi connectivity index (χ0) is 22.4. The molecule has 166 valence electrons. The van der Waals surface area contributed by atoms with E-state index in [0.717, 1.165) is 41.9 Å². The first kappa shape index (κ1) is 23.5. The van der Waals surface area contributed by atoms with Crippen molar-refractivity contribution in [2.75, 3.05) is 12.4 Å². The Morgan fingerprint density at radius 2 is 2.00 bits per heavy atom. The van der Waals surface area contributed by atoms with Crippen LogP contribution in [0.25, 0.3) is 0 Å². The van der Waals surface area contributed by atoms with E-state index in [1.54, 1.807) is 43.0 Å². The molecule has 1 aliphatic rings. The third-order valence-corrected chi connectivity index (χ3v) is 6.79. The summed E-state index contributed by atoms with van der Waals surface area (Å²) < 4.78 is 5.96. The van der Waals surface area contributed by atoms with E-state index < -0.39 is 5.97 Å². The molecule has 3 rings (SSSR count). The Balaban J connectivity index is 1.55. The summed E-state index contributed by atoms with van der Waals surface area (Å²) in [5.41, 5.74) is 1.80. The minimum Gasteiger partial charge on any atom is -0.507 e. The third kappa shape index (κ3) is 6.65. The molecular formula is C24H27ClO5S. The largest absolute Gasteiger partial charge is 0.507 e. The van der Waals surface area contributed by atoms with E-state index in [4.69, 9.17) is 21.4 Å². The number of phenols is 1. The summed E-state index contributed by atoms with van der Waals surface area (Å²) in [6.07, 6.45) is 4.11. The second-order valence-corrected chi connectivity index (χ2v) is 9.29. The van der Waals surface area contributed by atoms with Crippen molar-refractivity contribution >= 4 is 35.1 Å². The summed E-state index contributed by atoms with van der Waals surface area (Å²) in [7, 11) is 0. The lowest BCUT2D eigenvalue weighted by atomic mass is 9.99. The van der Waals surface area contributed by atoms with Gasteiger partial charge in [-0.3, -0.25) is 9.59 Å². The topological polar surface area (TPSA) is 83.8 Å². The van der Waals surface area contributed by atoms with Gasteiger partial charge < -0.3 is 14.9 Å². The number of thioether (sulfide) groups is 1. The van der Waals surface area contributed by atoms with E-state index in [0.29, 0.717) is 40.8 Å². The molecule has 7 heteroatoms. The van der Waals surface area contributed by atoms with Crippen molar-refractivity contribution in [3.05, 3.63) is 52.0 Å². The van der Waals surface area contributed by atoms with E-state index >= 15 is 0 Å². The van der Waals surface area contributed by atoms with Crippen LogP contribution in [0, 0.1) is 5.92 Å². The van der Waals surface area contributed by atoms with Crippen LogP contribution in [0.15, 0.2) is 35.2 Å². The van der Waals surface area contributed by atoms with E-state index in [1.807, 2.05) is 6.07 Å². The molecule has 2 aromatic carbocycles. The average molecular weight is 463 g/mol. The van der Waals surface area contributed by atoms with Crippen LogP contribution >= 0.6 is 23.4 Å². The van der Waals surface area contributed by atoms with Gasteiger partial charge in [0, 0.05) is 22.6 Å². The monoisotopic (exact) mass is 462 g/mol. The first-order chi connectivity index (χ1) is 14.9. The zero-order valence-corrected chi connectivity index (χ0v) is 19.1. The Kier molecular flexibility index (Phi) is 8.27. The quantitative estimate of drug-likeness (QED) is 0.236. The molecule has 0 aromatic heterocycles. The second kappa shape index (κ2) is 10.9. The summed E-state index contributed by atoms with van der Waals surface area (Å²) in [5.74, 6) is 1.12. The van der Waals surface area contributed by atoms with Gasteiger partial charge in [0.1, 0.15) is 11.5 Å². The van der Waals surface area contributed by atoms with Gasteiger partial charge in [-0.15, -0.1) is 11.8 Å². The highest BCUT2D eigenvalue weighted by atomic mass is 35.5. The van der Waals surface area contributed by atoms with Crippen LogP contribution in [-0.4, -0.2) is 34.3 Å². The van der Waals surface area contributed by atoms with Gasteiger partial charge in [0.2, 0.25) is 0 Å². The van der Waals surface area contributed by atoms with Gasteiger partial charge in [0.05, 0.1) is 23.6 Å². The molecule has 1 fully saturated rings. The van der Waals surface area contributed by atoms with Crippen molar-refractivity contribution in [1.82, 2.24) is 0 Å². The summed E-state index contributed by atoms with van der Waals surface area (Å²) in [6, 6.07) is 8.78. The molecule has 0 bridgehead atoms. The molecule has 0 atom stereocenters. The van der Waals surface area contributed by atoms with Crippen LogP contribution in [0.4, 0.5) is 0 Å². The van der Waals surface area contributed by atoms with E-state index in [9.17, 15) is 14.7 Å². The number of carbonyl (C=O) groups excluding carboxylic acids is 1. The van der Waals surface area contributed by atoms with E-state index in [1.165, 1.54) is 0 Å². The van der Waals surface area contributed by atoms with Crippen LogP contribution in [-0.2, 0) is 17.6 Å². The first-order valence-electron chi connectivity index (χ1n) is 10.5. The van der Waals surface area contributed by atoms with Gasteiger partial charge in [0.25, 0.3) is 0 Å². The molecule has 1 saturated carbocycles. The SMILES string of the molecule is CCC(=O)c1ccc(OCCCSc2ccc(CC(=O)O)cc2Cl)c(CC2CC2)c1O. The predicted molar refractivity (Wildman–Crippen MR) is 123 cm³/mol. The molecule has 0 unspecified atom stereocenters. The highest BCUT2D eigenvalue weighted by Gasteiger charge is 2.26. The number of rotatable bonds is 12. The highest BCUT2D eigenvalue weighted by molar-refractivity contribution is 7.99. The van der Waals surface area contributed by atoms with Crippen LogP contribution < -0.4 is 4.74 Å². The lowest BCUT2D eigenvalue weighted by Gasteiger charge is -2.15. The molecule has 0 aliphatic heterocycles. The summed E-state index contributed by atoms with van der Waals surface area (Å²) in [6.45, 7) is 2.27. The molecule has 0 saturated heterocycles. The number of carboxylic acid groups (broad SMARTS) is 1. The minimum absolute atomic E-state index is 0.0445. The average Bonchev–Trinajstić information content (AvgIpc) is 3.54. The lowest BCUT2D eigenvalue weighted by Crippen LogP contribution is -2.05. The second-order valence-electron chi connectivity index (χ2n) is 7.75. The number of aliphatic carboxylic acids is 1. The number of benzene rings is 2. The number of phenolic OH excluding ortho intramolecular Hbond substituents is 1. The maximum absolute atomic E-state index is 12.1. The van der Waals surface area contributed by atoms with Crippen molar-refractivity contribution in [2.45, 2.75) is 50.3 Å². The van der Waals surface area contributed by atoms with Crippen LogP contribution in [0.2, 0.25) is 5.02 Å². The molecule has 5 nitrogen and oxygen atoms in total. The fourth-order valence-electron chi connectivity index (χ4n) is 3.35. The maximum Gasteiger partial charge on any atom is 0.307 e. The molecule has 2 aromatic rings. The smallest absolute Gasteiger partial charge is 0.307 e. The fraction of sp³-hybridized carbons (Fsp3) is 0.417. The van der Waals surface area contributed by atoms with Crippen molar-refractivity contribution in [1.29, 1.82) is 0 Å². The summed E-state index contributed by atoms with van der Waals surface area (Å²) >= 11 is 7.86. The molecule has 0 amide bonds. The molecule has 0 heterocycles. The number of ketones is 1. The van der Waals surface area contributed by atoms with Crippen molar-refractivity contribution < 1.29 is 24.5 Å². The minimum atomic E-state index is -0.882. The number of hydrogen-bond acceptors (Lipinski definition) is 5. The van der Waals surface area contributed by atoms with Gasteiger partial charge in [-0.1, -0.05) is 24.6 Å². The molecule has 31 heavy (non-hydrogen) atoms. The van der Waals surface area contributed by atoms with Gasteiger partial charge >= 0.3 is 5.97 Å². The van der Waals surface area contributed by atoms with Crippen molar-refractivity contribution in [3.8, 4) is 11.5 Å². The molecule has 0 radical (unpaired) electrons. The van der Waals surface area contributed by atoms with Crippen LogP contribution in [0.5, 0.6) is 11.5 Å².